The zero-order valence-electron chi connectivity index (χ0n) is 10.5. The largest absolute Gasteiger partial charge is 0.478 e. The summed E-state index contributed by atoms with van der Waals surface area (Å²) in [6.45, 7) is 0.319. The maximum atomic E-state index is 11.6. The number of primary amides is 1. The molecule has 0 aliphatic heterocycles. The molecule has 3 amide bonds. The lowest BCUT2D eigenvalue weighted by atomic mass is 10.2. The Morgan fingerprint density at radius 3 is 2.55 bits per heavy atom. The number of urea groups is 1. The summed E-state index contributed by atoms with van der Waals surface area (Å²) in [5.74, 6) is -1.47. The van der Waals surface area contributed by atoms with Gasteiger partial charge >= 0.3 is 12.0 Å². The molecule has 20 heavy (non-hydrogen) atoms. The molecule has 1 rings (SSSR count). The molecule has 0 aliphatic carbocycles. The van der Waals surface area contributed by atoms with Crippen LogP contribution in [0.1, 0.15) is 23.2 Å². The van der Waals surface area contributed by atoms with Crippen LogP contribution >= 0.6 is 15.9 Å². The highest BCUT2D eigenvalue weighted by Crippen LogP contribution is 2.23. The van der Waals surface area contributed by atoms with Crippen molar-refractivity contribution in [1.29, 1.82) is 0 Å². The lowest BCUT2D eigenvalue weighted by molar-refractivity contribution is -0.118. The van der Waals surface area contributed by atoms with Gasteiger partial charge in [-0.05, 0) is 40.5 Å². The lowest BCUT2D eigenvalue weighted by Crippen LogP contribution is -2.30. The molecule has 1 aromatic rings. The second-order valence-electron chi connectivity index (χ2n) is 3.95. The molecule has 0 bridgehead atoms. The van der Waals surface area contributed by atoms with Gasteiger partial charge in [-0.15, -0.1) is 0 Å². The third-order valence-electron chi connectivity index (χ3n) is 2.35. The Kier molecular flexibility index (Phi) is 5.98. The van der Waals surface area contributed by atoms with E-state index < -0.39 is 17.9 Å². The first-order chi connectivity index (χ1) is 9.40. The zero-order chi connectivity index (χ0) is 15.1. The summed E-state index contributed by atoms with van der Waals surface area (Å²) in [4.78, 5) is 32.8. The van der Waals surface area contributed by atoms with Crippen molar-refractivity contribution in [3.63, 3.8) is 0 Å². The monoisotopic (exact) mass is 343 g/mol. The van der Waals surface area contributed by atoms with Crippen molar-refractivity contribution in [3.8, 4) is 0 Å². The second kappa shape index (κ2) is 7.49. The quantitative estimate of drug-likeness (QED) is 0.585. The number of carboxylic acids is 1. The first-order valence-electron chi connectivity index (χ1n) is 5.76. The van der Waals surface area contributed by atoms with Crippen molar-refractivity contribution in [1.82, 2.24) is 5.32 Å². The Labute approximate surface area is 123 Å². The maximum absolute atomic E-state index is 11.6. The van der Waals surface area contributed by atoms with Crippen LogP contribution in [-0.2, 0) is 4.79 Å². The lowest BCUT2D eigenvalue weighted by Gasteiger charge is -2.09. The summed E-state index contributed by atoms with van der Waals surface area (Å²) in [6.07, 6.45) is 0.666. The van der Waals surface area contributed by atoms with E-state index in [0.717, 1.165) is 0 Å². The number of hydrogen-bond acceptors (Lipinski definition) is 3. The number of halogens is 1. The van der Waals surface area contributed by atoms with Crippen LogP contribution in [0.5, 0.6) is 0 Å². The number of hydrogen-bond donors (Lipinski definition) is 4. The molecule has 0 aliphatic rings. The summed E-state index contributed by atoms with van der Waals surface area (Å²) in [6, 6.07) is 3.82. The minimum Gasteiger partial charge on any atom is -0.478 e. The van der Waals surface area contributed by atoms with Gasteiger partial charge in [0.05, 0.1) is 11.3 Å². The van der Waals surface area contributed by atoms with Gasteiger partial charge < -0.3 is 21.5 Å². The first-order valence-corrected chi connectivity index (χ1v) is 6.55. The molecule has 0 spiro atoms. The normalized spacial score (nSPS) is 9.85. The molecule has 0 fully saturated rings. The maximum Gasteiger partial charge on any atom is 0.335 e. The van der Waals surface area contributed by atoms with Crippen LogP contribution in [0.3, 0.4) is 0 Å². The Bertz CT molecular complexity index is 533. The molecular formula is C12H14BrN3O4. The SMILES string of the molecule is NC(=O)CCCNC(=O)Nc1ccc(C(=O)O)cc1Br. The highest BCUT2D eigenvalue weighted by atomic mass is 79.9. The fourth-order valence-electron chi connectivity index (χ4n) is 1.38. The van der Waals surface area contributed by atoms with E-state index in [4.69, 9.17) is 10.8 Å². The average molecular weight is 344 g/mol. The van der Waals surface area contributed by atoms with Gasteiger partial charge in [-0.1, -0.05) is 0 Å². The van der Waals surface area contributed by atoms with Crippen LogP contribution in [0.2, 0.25) is 0 Å². The minimum atomic E-state index is -1.05. The smallest absolute Gasteiger partial charge is 0.335 e. The number of nitrogens with two attached hydrogens (primary N) is 1. The van der Waals surface area contributed by atoms with Crippen LogP contribution in [0.15, 0.2) is 22.7 Å². The van der Waals surface area contributed by atoms with Crippen LogP contribution in [0.4, 0.5) is 10.5 Å². The van der Waals surface area contributed by atoms with E-state index in [-0.39, 0.29) is 12.0 Å². The Hall–Kier alpha value is -2.09. The highest BCUT2D eigenvalue weighted by molar-refractivity contribution is 9.10. The predicted molar refractivity (Wildman–Crippen MR) is 76.6 cm³/mol. The second-order valence-corrected chi connectivity index (χ2v) is 4.80. The predicted octanol–water partition coefficient (Wildman–Crippen LogP) is 1.53. The average Bonchev–Trinajstić information content (AvgIpc) is 2.36. The summed E-state index contributed by atoms with van der Waals surface area (Å²) < 4.78 is 0.463. The number of aromatic carboxylic acids is 1. The summed E-state index contributed by atoms with van der Waals surface area (Å²) >= 11 is 3.18. The summed E-state index contributed by atoms with van der Waals surface area (Å²) in [5.41, 5.74) is 5.53. The minimum absolute atomic E-state index is 0.115. The Morgan fingerprint density at radius 1 is 1.30 bits per heavy atom. The number of carbonyl (C=O) groups excluding carboxylic acids is 2. The third kappa shape index (κ3) is 5.27. The summed E-state index contributed by atoms with van der Waals surface area (Å²) in [7, 11) is 0. The number of amides is 3. The number of rotatable bonds is 6. The third-order valence-corrected chi connectivity index (χ3v) is 3.01. The molecule has 108 valence electrons. The molecule has 7 nitrogen and oxygen atoms in total. The molecule has 0 radical (unpaired) electrons. The van der Waals surface area contributed by atoms with Crippen LogP contribution < -0.4 is 16.4 Å². The van der Waals surface area contributed by atoms with Gasteiger partial charge in [0, 0.05) is 17.4 Å². The van der Waals surface area contributed by atoms with Crippen molar-refractivity contribution < 1.29 is 19.5 Å². The molecule has 0 saturated carbocycles. The standard InChI is InChI=1S/C12H14BrN3O4/c13-8-6-7(11(18)19)3-4-9(8)16-12(20)15-5-1-2-10(14)17/h3-4,6H,1-2,5H2,(H2,14,17)(H,18,19)(H2,15,16,20). The van der Waals surface area contributed by atoms with E-state index in [9.17, 15) is 14.4 Å². The van der Waals surface area contributed by atoms with Gasteiger partial charge in [0.25, 0.3) is 0 Å². The summed E-state index contributed by atoms with van der Waals surface area (Å²) in [5, 5.41) is 13.9. The number of anilines is 1. The van der Waals surface area contributed by atoms with E-state index in [2.05, 4.69) is 26.6 Å². The van der Waals surface area contributed by atoms with Gasteiger partial charge in [-0.3, -0.25) is 4.79 Å². The fourth-order valence-corrected chi connectivity index (χ4v) is 1.86. The Morgan fingerprint density at radius 2 is 2.00 bits per heavy atom. The molecule has 0 heterocycles. The number of carboxylic acid groups (broad SMARTS) is 1. The number of nitrogens with one attached hydrogen (secondary N) is 2. The molecule has 0 saturated heterocycles. The van der Waals surface area contributed by atoms with Crippen molar-refractivity contribution in [2.45, 2.75) is 12.8 Å². The van der Waals surface area contributed by atoms with Gasteiger partial charge in [0.1, 0.15) is 0 Å². The molecule has 5 N–H and O–H groups in total. The van der Waals surface area contributed by atoms with Gasteiger partial charge in [-0.2, -0.15) is 0 Å². The van der Waals surface area contributed by atoms with Crippen molar-refractivity contribution in [3.05, 3.63) is 28.2 Å². The van der Waals surface area contributed by atoms with E-state index in [1.165, 1.54) is 18.2 Å². The van der Waals surface area contributed by atoms with Crippen molar-refractivity contribution in [2.24, 2.45) is 5.73 Å². The number of carbonyl (C=O) groups is 3. The Balaban J connectivity index is 2.50. The number of benzene rings is 1. The molecule has 0 unspecified atom stereocenters. The molecule has 8 heteroatoms. The molecule has 0 atom stereocenters. The van der Waals surface area contributed by atoms with E-state index in [0.29, 0.717) is 23.1 Å². The zero-order valence-corrected chi connectivity index (χ0v) is 12.1. The van der Waals surface area contributed by atoms with E-state index in [1.807, 2.05) is 0 Å². The van der Waals surface area contributed by atoms with Crippen molar-refractivity contribution in [2.75, 3.05) is 11.9 Å². The van der Waals surface area contributed by atoms with E-state index >= 15 is 0 Å². The molecular weight excluding hydrogens is 330 g/mol. The van der Waals surface area contributed by atoms with Crippen LogP contribution in [0.25, 0.3) is 0 Å². The topological polar surface area (TPSA) is 122 Å². The van der Waals surface area contributed by atoms with Gasteiger partial charge in [0.15, 0.2) is 0 Å². The highest BCUT2D eigenvalue weighted by Gasteiger charge is 2.09. The van der Waals surface area contributed by atoms with Crippen LogP contribution in [-0.4, -0.2) is 29.6 Å². The van der Waals surface area contributed by atoms with Gasteiger partial charge in [-0.25, -0.2) is 9.59 Å². The van der Waals surface area contributed by atoms with E-state index in [1.54, 1.807) is 0 Å². The van der Waals surface area contributed by atoms with Crippen molar-refractivity contribution >= 4 is 39.5 Å². The van der Waals surface area contributed by atoms with Gasteiger partial charge in [0.2, 0.25) is 5.91 Å². The fraction of sp³-hybridized carbons (Fsp3) is 0.250. The van der Waals surface area contributed by atoms with Crippen LogP contribution in [0, 0.1) is 0 Å². The first kappa shape index (κ1) is 16.0. The molecule has 0 aromatic heterocycles. The molecule has 1 aromatic carbocycles.